The predicted molar refractivity (Wildman–Crippen MR) is 100 cm³/mol. The number of nitriles is 1. The van der Waals surface area contributed by atoms with Gasteiger partial charge in [0, 0.05) is 57.2 Å². The molecular formula is C19H19F3N6O. The Morgan fingerprint density at radius 2 is 1.86 bits per heavy atom. The van der Waals surface area contributed by atoms with Gasteiger partial charge in [0.2, 0.25) is 11.9 Å². The molecule has 10 heteroatoms. The van der Waals surface area contributed by atoms with Crippen molar-refractivity contribution < 1.29 is 18.0 Å². The number of piperazine rings is 1. The number of hydrogen-bond donors (Lipinski definition) is 1. The highest BCUT2D eigenvalue weighted by atomic mass is 19.4. The Hall–Kier alpha value is -3.35. The van der Waals surface area contributed by atoms with Gasteiger partial charge >= 0.3 is 6.18 Å². The number of carbonyl (C=O) groups excluding carboxylic acids is 1. The molecule has 0 spiro atoms. The third-order valence-corrected chi connectivity index (χ3v) is 4.58. The smallest absolute Gasteiger partial charge is 0.385 e. The van der Waals surface area contributed by atoms with E-state index >= 15 is 0 Å². The Labute approximate surface area is 165 Å². The highest BCUT2D eigenvalue weighted by Gasteiger charge is 2.33. The average molecular weight is 404 g/mol. The van der Waals surface area contributed by atoms with Gasteiger partial charge in [0.05, 0.1) is 17.2 Å². The number of rotatable bonds is 5. The van der Waals surface area contributed by atoms with E-state index in [2.05, 4.69) is 15.3 Å². The van der Waals surface area contributed by atoms with Gasteiger partial charge in [0.15, 0.2) is 0 Å². The average Bonchev–Trinajstić information content (AvgIpc) is 2.73. The van der Waals surface area contributed by atoms with E-state index in [1.165, 1.54) is 6.07 Å². The second-order valence-electron chi connectivity index (χ2n) is 6.46. The van der Waals surface area contributed by atoms with Crippen molar-refractivity contribution in [1.29, 1.82) is 5.26 Å². The Bertz CT molecular complexity index is 889. The SMILES string of the molecule is N#Cc1ccc(NCCC(=O)N2CCN(c3ncccn3)CC2)cc1C(F)(F)F. The van der Waals surface area contributed by atoms with Crippen molar-refractivity contribution in [2.24, 2.45) is 0 Å². The van der Waals surface area contributed by atoms with E-state index in [1.807, 2.05) is 4.90 Å². The third kappa shape index (κ3) is 5.13. The van der Waals surface area contributed by atoms with Crippen LogP contribution in [0.15, 0.2) is 36.7 Å². The maximum atomic E-state index is 13.0. The lowest BCUT2D eigenvalue weighted by Gasteiger charge is -2.34. The molecule has 1 N–H and O–H groups in total. The normalized spacial score (nSPS) is 14.4. The van der Waals surface area contributed by atoms with Crippen molar-refractivity contribution in [1.82, 2.24) is 14.9 Å². The first-order chi connectivity index (χ1) is 13.9. The number of amides is 1. The molecule has 0 radical (unpaired) electrons. The fraction of sp³-hybridized carbons (Fsp3) is 0.368. The van der Waals surface area contributed by atoms with Crippen molar-refractivity contribution in [3.8, 4) is 6.07 Å². The van der Waals surface area contributed by atoms with Gasteiger partial charge in [-0.3, -0.25) is 4.79 Å². The number of nitrogens with zero attached hydrogens (tertiary/aromatic N) is 5. The number of anilines is 2. The maximum Gasteiger partial charge on any atom is 0.417 e. The first kappa shape index (κ1) is 20.4. The van der Waals surface area contributed by atoms with Crippen LogP contribution < -0.4 is 10.2 Å². The summed E-state index contributed by atoms with van der Waals surface area (Å²) in [6.45, 7) is 2.50. The molecule has 1 aromatic carbocycles. The molecule has 0 atom stereocenters. The molecule has 1 fully saturated rings. The minimum Gasteiger partial charge on any atom is -0.385 e. The monoisotopic (exact) mass is 404 g/mol. The van der Waals surface area contributed by atoms with Gasteiger partial charge in [0.1, 0.15) is 0 Å². The molecule has 1 aliphatic rings. The van der Waals surface area contributed by atoms with Gasteiger partial charge in [-0.2, -0.15) is 18.4 Å². The van der Waals surface area contributed by atoms with Crippen LogP contribution in [0.4, 0.5) is 24.8 Å². The summed E-state index contributed by atoms with van der Waals surface area (Å²) in [7, 11) is 0. The Morgan fingerprint density at radius 3 is 2.48 bits per heavy atom. The summed E-state index contributed by atoms with van der Waals surface area (Å²) >= 11 is 0. The highest BCUT2D eigenvalue weighted by molar-refractivity contribution is 5.77. The molecule has 1 aromatic heterocycles. The van der Waals surface area contributed by atoms with E-state index in [0.29, 0.717) is 32.1 Å². The van der Waals surface area contributed by atoms with Crippen molar-refractivity contribution >= 4 is 17.5 Å². The fourth-order valence-corrected chi connectivity index (χ4v) is 3.07. The predicted octanol–water partition coefficient (Wildman–Crippen LogP) is 2.52. The van der Waals surface area contributed by atoms with Crippen LogP contribution in [0.3, 0.4) is 0 Å². The molecule has 3 rings (SSSR count). The quantitative estimate of drug-likeness (QED) is 0.824. The summed E-state index contributed by atoms with van der Waals surface area (Å²) in [6, 6.07) is 6.69. The molecule has 7 nitrogen and oxygen atoms in total. The van der Waals surface area contributed by atoms with Crippen LogP contribution >= 0.6 is 0 Å². The maximum absolute atomic E-state index is 13.0. The molecule has 152 valence electrons. The van der Waals surface area contributed by atoms with Crippen LogP contribution in [-0.2, 0) is 11.0 Å². The molecule has 0 saturated carbocycles. The number of halogens is 3. The first-order valence-electron chi connectivity index (χ1n) is 9.03. The van der Waals surface area contributed by atoms with Crippen molar-refractivity contribution in [3.63, 3.8) is 0 Å². The van der Waals surface area contributed by atoms with Gasteiger partial charge in [-0.15, -0.1) is 0 Å². The number of benzene rings is 1. The summed E-state index contributed by atoms with van der Waals surface area (Å²) in [5.74, 6) is 0.554. The van der Waals surface area contributed by atoms with Crippen LogP contribution in [0.2, 0.25) is 0 Å². The van der Waals surface area contributed by atoms with Crippen LogP contribution in [0, 0.1) is 11.3 Å². The van der Waals surface area contributed by atoms with Crippen molar-refractivity contribution in [3.05, 3.63) is 47.8 Å². The number of alkyl halides is 3. The van der Waals surface area contributed by atoms with E-state index in [9.17, 15) is 18.0 Å². The largest absolute Gasteiger partial charge is 0.417 e. The molecule has 0 unspecified atom stereocenters. The van der Waals surface area contributed by atoms with Crippen LogP contribution in [0.25, 0.3) is 0 Å². The summed E-state index contributed by atoms with van der Waals surface area (Å²) in [5.41, 5.74) is -1.20. The molecule has 1 aliphatic heterocycles. The Balaban J connectivity index is 1.49. The molecule has 0 bridgehead atoms. The third-order valence-electron chi connectivity index (χ3n) is 4.58. The first-order valence-corrected chi connectivity index (χ1v) is 9.03. The second kappa shape index (κ2) is 8.77. The number of carbonyl (C=O) groups is 1. The lowest BCUT2D eigenvalue weighted by molar-refractivity contribution is -0.137. The minimum atomic E-state index is -4.61. The van der Waals surface area contributed by atoms with Gasteiger partial charge in [-0.05, 0) is 24.3 Å². The van der Waals surface area contributed by atoms with Gasteiger partial charge in [-0.1, -0.05) is 0 Å². The number of hydrogen-bond acceptors (Lipinski definition) is 6. The molecule has 0 aliphatic carbocycles. The standard InChI is InChI=1S/C19H19F3N6O/c20-19(21,22)16-12-15(3-2-14(16)13-23)24-7-4-17(29)27-8-10-28(11-9-27)18-25-5-1-6-26-18/h1-3,5-6,12,24H,4,7-11H2. The topological polar surface area (TPSA) is 85.2 Å². The Morgan fingerprint density at radius 1 is 1.17 bits per heavy atom. The molecule has 29 heavy (non-hydrogen) atoms. The Kier molecular flexibility index (Phi) is 6.16. The van der Waals surface area contributed by atoms with Crippen LogP contribution in [-0.4, -0.2) is 53.5 Å². The zero-order valence-electron chi connectivity index (χ0n) is 15.5. The molecule has 1 saturated heterocycles. The molecular weight excluding hydrogens is 385 g/mol. The number of aromatic nitrogens is 2. The van der Waals surface area contributed by atoms with E-state index in [4.69, 9.17) is 5.26 Å². The zero-order valence-corrected chi connectivity index (χ0v) is 15.5. The van der Waals surface area contributed by atoms with E-state index in [-0.39, 0.29) is 24.6 Å². The molecule has 2 aromatic rings. The number of nitrogens with one attached hydrogen (secondary N) is 1. The van der Waals surface area contributed by atoms with Crippen LogP contribution in [0.1, 0.15) is 17.5 Å². The summed E-state index contributed by atoms with van der Waals surface area (Å²) < 4.78 is 39.0. The van der Waals surface area contributed by atoms with E-state index < -0.39 is 17.3 Å². The van der Waals surface area contributed by atoms with Crippen molar-refractivity contribution in [2.45, 2.75) is 12.6 Å². The van der Waals surface area contributed by atoms with Gasteiger partial charge in [0.25, 0.3) is 0 Å². The zero-order chi connectivity index (χ0) is 20.9. The summed E-state index contributed by atoms with van der Waals surface area (Å²) in [5, 5.41) is 11.7. The van der Waals surface area contributed by atoms with E-state index in [0.717, 1.165) is 12.1 Å². The van der Waals surface area contributed by atoms with Crippen molar-refractivity contribution in [2.75, 3.05) is 42.9 Å². The van der Waals surface area contributed by atoms with Gasteiger partial charge < -0.3 is 15.1 Å². The second-order valence-corrected chi connectivity index (χ2v) is 6.46. The molecule has 2 heterocycles. The highest BCUT2D eigenvalue weighted by Crippen LogP contribution is 2.33. The molecule has 1 amide bonds. The lowest BCUT2D eigenvalue weighted by atomic mass is 10.1. The fourth-order valence-electron chi connectivity index (χ4n) is 3.07. The lowest BCUT2D eigenvalue weighted by Crippen LogP contribution is -2.49. The summed E-state index contributed by atoms with van der Waals surface area (Å²) in [4.78, 5) is 24.5. The van der Waals surface area contributed by atoms with Gasteiger partial charge in [-0.25, -0.2) is 9.97 Å². The summed E-state index contributed by atoms with van der Waals surface area (Å²) in [6.07, 6.45) is -1.12. The van der Waals surface area contributed by atoms with Crippen LogP contribution in [0.5, 0.6) is 0 Å². The minimum absolute atomic E-state index is 0.0733. The van der Waals surface area contributed by atoms with E-state index in [1.54, 1.807) is 29.4 Å².